The first-order chi connectivity index (χ1) is 12.6. The summed E-state index contributed by atoms with van der Waals surface area (Å²) in [7, 11) is 0. The van der Waals surface area contributed by atoms with Gasteiger partial charge in [-0.1, -0.05) is 19.3 Å². The lowest BCUT2D eigenvalue weighted by molar-refractivity contribution is -0.118. The van der Waals surface area contributed by atoms with Crippen LogP contribution < -0.4 is 11.5 Å². The minimum Gasteiger partial charge on any atom is -0.370 e. The zero-order valence-electron chi connectivity index (χ0n) is 14.5. The first-order valence-corrected chi connectivity index (χ1v) is 8.93. The smallest absolute Gasteiger partial charge is 0.218 e. The minimum atomic E-state index is -1.16. The molecule has 4 N–H and O–H groups in total. The molecule has 1 aliphatic heterocycles. The number of hydrogen-bond acceptors (Lipinski definition) is 7. The van der Waals surface area contributed by atoms with Crippen LogP contribution in [0.3, 0.4) is 0 Å². The SMILES string of the molecule is NC(=O)CC(C1=NN=CC1(N)n1ncc2cncnc21)C1CCCCC1. The quantitative estimate of drug-likeness (QED) is 0.823. The van der Waals surface area contributed by atoms with E-state index in [1.54, 1.807) is 23.3 Å². The van der Waals surface area contributed by atoms with Gasteiger partial charge in [0, 0.05) is 18.5 Å². The fraction of sp³-hybridized carbons (Fsp3) is 0.529. The summed E-state index contributed by atoms with van der Waals surface area (Å²) in [4.78, 5) is 20.1. The zero-order chi connectivity index (χ0) is 18.1. The van der Waals surface area contributed by atoms with Gasteiger partial charge in [0.1, 0.15) is 6.33 Å². The van der Waals surface area contributed by atoms with Crippen molar-refractivity contribution in [2.45, 2.75) is 44.2 Å². The average Bonchev–Trinajstić information content (AvgIpc) is 3.25. The minimum absolute atomic E-state index is 0.151. The summed E-state index contributed by atoms with van der Waals surface area (Å²) in [5.74, 6) is -0.192. The van der Waals surface area contributed by atoms with Crippen LogP contribution in [0, 0.1) is 11.8 Å². The van der Waals surface area contributed by atoms with Crippen LogP contribution >= 0.6 is 0 Å². The first kappa shape index (κ1) is 16.8. The maximum Gasteiger partial charge on any atom is 0.218 e. The fourth-order valence-electron chi connectivity index (χ4n) is 4.15. The molecule has 1 aliphatic carbocycles. The van der Waals surface area contributed by atoms with Crippen molar-refractivity contribution in [3.63, 3.8) is 0 Å². The Bertz CT molecular complexity index is 882. The molecule has 4 rings (SSSR count). The van der Waals surface area contributed by atoms with Gasteiger partial charge in [-0.15, -0.1) is 0 Å². The highest BCUT2D eigenvalue weighted by Crippen LogP contribution is 2.36. The highest BCUT2D eigenvalue weighted by molar-refractivity contribution is 6.10. The summed E-state index contributed by atoms with van der Waals surface area (Å²) >= 11 is 0. The molecule has 0 aromatic carbocycles. The predicted octanol–water partition coefficient (Wildman–Crippen LogP) is 0.950. The van der Waals surface area contributed by atoms with E-state index < -0.39 is 5.66 Å². The van der Waals surface area contributed by atoms with Crippen LogP contribution in [0.5, 0.6) is 0 Å². The van der Waals surface area contributed by atoms with Gasteiger partial charge in [0.05, 0.1) is 23.5 Å². The summed E-state index contributed by atoms with van der Waals surface area (Å²) < 4.78 is 1.61. The van der Waals surface area contributed by atoms with Crippen molar-refractivity contribution in [1.29, 1.82) is 0 Å². The Morgan fingerprint density at radius 3 is 2.88 bits per heavy atom. The highest BCUT2D eigenvalue weighted by Gasteiger charge is 2.44. The van der Waals surface area contributed by atoms with Crippen LogP contribution in [0.1, 0.15) is 38.5 Å². The van der Waals surface area contributed by atoms with Crippen molar-refractivity contribution in [2.75, 3.05) is 0 Å². The monoisotopic (exact) mass is 354 g/mol. The van der Waals surface area contributed by atoms with Crippen molar-refractivity contribution in [1.82, 2.24) is 19.7 Å². The van der Waals surface area contributed by atoms with Gasteiger partial charge in [0.15, 0.2) is 11.3 Å². The largest absolute Gasteiger partial charge is 0.370 e. The summed E-state index contributed by atoms with van der Waals surface area (Å²) in [6, 6.07) is 0. The van der Waals surface area contributed by atoms with Crippen molar-refractivity contribution in [3.05, 3.63) is 18.7 Å². The van der Waals surface area contributed by atoms with Crippen molar-refractivity contribution in [3.8, 4) is 0 Å². The molecule has 2 aromatic heterocycles. The molecule has 9 heteroatoms. The van der Waals surface area contributed by atoms with E-state index in [1.165, 1.54) is 12.7 Å². The predicted molar refractivity (Wildman–Crippen MR) is 97.3 cm³/mol. The van der Waals surface area contributed by atoms with Crippen molar-refractivity contribution in [2.24, 2.45) is 33.5 Å². The second kappa shape index (κ2) is 6.56. The van der Waals surface area contributed by atoms with Gasteiger partial charge in [-0.2, -0.15) is 15.3 Å². The van der Waals surface area contributed by atoms with Gasteiger partial charge in [0.25, 0.3) is 0 Å². The number of nitrogens with zero attached hydrogens (tertiary/aromatic N) is 6. The van der Waals surface area contributed by atoms with E-state index in [4.69, 9.17) is 11.5 Å². The van der Waals surface area contributed by atoms with Gasteiger partial charge in [-0.05, 0) is 18.8 Å². The van der Waals surface area contributed by atoms with E-state index in [0.29, 0.717) is 17.3 Å². The van der Waals surface area contributed by atoms with Crippen molar-refractivity contribution < 1.29 is 4.79 Å². The highest BCUT2D eigenvalue weighted by atomic mass is 16.1. The second-order valence-corrected chi connectivity index (χ2v) is 7.09. The summed E-state index contributed by atoms with van der Waals surface area (Å²) in [6.07, 6.45) is 12.1. The van der Waals surface area contributed by atoms with Gasteiger partial charge >= 0.3 is 0 Å². The van der Waals surface area contributed by atoms with Crippen LogP contribution in [-0.4, -0.2) is 37.6 Å². The average molecular weight is 354 g/mol. The molecule has 1 amide bonds. The van der Waals surface area contributed by atoms with Crippen LogP contribution in [0.15, 0.2) is 28.9 Å². The molecule has 9 nitrogen and oxygen atoms in total. The lowest BCUT2D eigenvalue weighted by atomic mass is 9.74. The van der Waals surface area contributed by atoms with E-state index in [-0.39, 0.29) is 18.2 Å². The Morgan fingerprint density at radius 1 is 1.31 bits per heavy atom. The van der Waals surface area contributed by atoms with Gasteiger partial charge < -0.3 is 5.73 Å². The molecule has 0 radical (unpaired) electrons. The number of hydrogen-bond donors (Lipinski definition) is 2. The molecule has 2 aromatic rings. The third-order valence-electron chi connectivity index (χ3n) is 5.40. The van der Waals surface area contributed by atoms with Crippen LogP contribution in [-0.2, 0) is 10.5 Å². The molecule has 2 aliphatic rings. The van der Waals surface area contributed by atoms with Gasteiger partial charge in [-0.3, -0.25) is 10.5 Å². The molecular formula is C17H22N8O. The Morgan fingerprint density at radius 2 is 2.12 bits per heavy atom. The van der Waals surface area contributed by atoms with Crippen LogP contribution in [0.25, 0.3) is 11.0 Å². The molecule has 0 saturated heterocycles. The lowest BCUT2D eigenvalue weighted by Gasteiger charge is -2.35. The molecule has 1 saturated carbocycles. The number of amides is 1. The summed E-state index contributed by atoms with van der Waals surface area (Å²) in [5, 5.41) is 13.6. The molecule has 3 heterocycles. The van der Waals surface area contributed by atoms with Crippen LogP contribution in [0.2, 0.25) is 0 Å². The maximum atomic E-state index is 11.8. The van der Waals surface area contributed by atoms with Gasteiger partial charge in [0.2, 0.25) is 5.91 Å². The topological polar surface area (TPSA) is 137 Å². The molecule has 0 spiro atoms. The van der Waals surface area contributed by atoms with Gasteiger partial charge in [-0.25, -0.2) is 14.6 Å². The third-order valence-corrected chi connectivity index (χ3v) is 5.40. The number of primary amides is 1. The van der Waals surface area contributed by atoms with E-state index in [1.807, 2.05) is 0 Å². The molecule has 1 fully saturated rings. The fourth-order valence-corrected chi connectivity index (χ4v) is 4.15. The molecule has 2 atom stereocenters. The molecular weight excluding hydrogens is 332 g/mol. The zero-order valence-corrected chi connectivity index (χ0v) is 14.5. The third kappa shape index (κ3) is 2.78. The molecule has 136 valence electrons. The first-order valence-electron chi connectivity index (χ1n) is 8.93. The standard InChI is InChI=1S/C17H22N8O/c18-14(26)6-13(11-4-2-1-3-5-11)15-17(19,9-22-24-15)25-16-12(8-23-25)7-20-10-21-16/h7-11,13H,1-6,19H2,(H2,18,26). The van der Waals surface area contributed by atoms with E-state index in [0.717, 1.165) is 31.1 Å². The summed E-state index contributed by atoms with van der Waals surface area (Å²) in [6.45, 7) is 0. The summed E-state index contributed by atoms with van der Waals surface area (Å²) in [5.41, 5.74) is 12.3. The second-order valence-electron chi connectivity index (χ2n) is 7.09. The number of nitrogens with two attached hydrogens (primary N) is 2. The normalized spacial score (nSPS) is 24.7. The van der Waals surface area contributed by atoms with Crippen molar-refractivity contribution >= 4 is 28.9 Å². The molecule has 0 bridgehead atoms. The maximum absolute atomic E-state index is 11.8. The van der Waals surface area contributed by atoms with Crippen LogP contribution in [0.4, 0.5) is 0 Å². The number of carbonyl (C=O) groups excluding carboxylic acids is 1. The molecule has 26 heavy (non-hydrogen) atoms. The number of fused-ring (bicyclic) bond motifs is 1. The lowest BCUT2D eigenvalue weighted by Crippen LogP contribution is -2.54. The van der Waals surface area contributed by atoms with E-state index in [2.05, 4.69) is 25.3 Å². The Kier molecular flexibility index (Phi) is 4.23. The van der Waals surface area contributed by atoms with E-state index >= 15 is 0 Å². The Labute approximate surface area is 150 Å². The number of rotatable bonds is 5. The Balaban J connectivity index is 1.75. The Hall–Kier alpha value is -2.68. The molecule has 2 unspecified atom stereocenters. The number of aromatic nitrogens is 4. The number of carbonyl (C=O) groups is 1. The van der Waals surface area contributed by atoms with E-state index in [9.17, 15) is 4.79 Å².